The molecule has 8 nitrogen and oxygen atoms in total. The van der Waals surface area contributed by atoms with Gasteiger partial charge in [-0.1, -0.05) is 0 Å². The van der Waals surface area contributed by atoms with Crippen molar-refractivity contribution in [2.24, 2.45) is 10.3 Å². The van der Waals surface area contributed by atoms with Crippen molar-refractivity contribution in [1.82, 2.24) is 19.7 Å². The molecule has 1 saturated carbocycles. The van der Waals surface area contributed by atoms with Crippen LogP contribution in [0.25, 0.3) is 0 Å². The van der Waals surface area contributed by atoms with Crippen LogP contribution in [0.15, 0.2) is 33.8 Å². The number of halogens is 1. The van der Waals surface area contributed by atoms with Gasteiger partial charge in [0.1, 0.15) is 0 Å². The summed E-state index contributed by atoms with van der Waals surface area (Å²) in [6.07, 6.45) is 5.81. The van der Waals surface area contributed by atoms with Crippen molar-refractivity contribution in [3.8, 4) is 0 Å². The summed E-state index contributed by atoms with van der Waals surface area (Å²) in [5, 5.41) is 4.21. The molecule has 27 heavy (non-hydrogen) atoms. The Labute approximate surface area is 155 Å². The minimum Gasteiger partial charge on any atom is -0.335 e. The molecule has 4 rings (SSSR count). The maximum absolute atomic E-state index is 13.8. The van der Waals surface area contributed by atoms with Crippen LogP contribution < -0.4 is 0 Å². The van der Waals surface area contributed by atoms with Gasteiger partial charge in [0.15, 0.2) is 11.5 Å². The van der Waals surface area contributed by atoms with Crippen LogP contribution in [0.5, 0.6) is 0 Å². The Balaban J connectivity index is 1.66. The molecule has 1 aliphatic carbocycles. The number of pyridine rings is 1. The number of hydrogen-bond acceptors (Lipinski definition) is 5. The quantitative estimate of drug-likeness (QED) is 0.789. The highest BCUT2D eigenvalue weighted by Crippen LogP contribution is 2.33. The molecule has 0 bridgehead atoms. The number of aromatic nitrogens is 3. The number of hydrogen-bond donors (Lipinski definition) is 0. The Kier molecular flexibility index (Phi) is 4.29. The fourth-order valence-corrected chi connectivity index (χ4v) is 4.46. The number of carbonyl (C=O) groups is 2. The molecule has 2 aromatic rings. The van der Waals surface area contributed by atoms with Crippen LogP contribution in [0, 0.1) is 11.7 Å². The summed E-state index contributed by atoms with van der Waals surface area (Å²) >= 11 is 0. The van der Waals surface area contributed by atoms with E-state index in [0.29, 0.717) is 23.7 Å². The lowest BCUT2D eigenvalue weighted by Gasteiger charge is -2.28. The molecule has 2 aromatic heterocycles. The third-order valence-electron chi connectivity index (χ3n) is 4.70. The molecule has 1 fully saturated rings. The summed E-state index contributed by atoms with van der Waals surface area (Å²) in [6, 6.07) is 2.45. The van der Waals surface area contributed by atoms with Gasteiger partial charge in [-0.3, -0.25) is 14.3 Å². The van der Waals surface area contributed by atoms with Crippen LogP contribution in [0.2, 0.25) is 0 Å². The summed E-state index contributed by atoms with van der Waals surface area (Å²) in [7, 11) is -3.18. The SMILES string of the molecule is CS(=O)(=NC(=O)c1ncccc1F)c1cnn2c1CN(C(=O)C1CC1)CC2. The second kappa shape index (κ2) is 6.52. The van der Waals surface area contributed by atoms with Gasteiger partial charge in [-0.05, 0) is 25.0 Å². The van der Waals surface area contributed by atoms with Crippen molar-refractivity contribution in [3.05, 3.63) is 41.7 Å². The van der Waals surface area contributed by atoms with Crippen molar-refractivity contribution in [3.63, 3.8) is 0 Å². The minimum absolute atomic E-state index is 0.0901. The highest BCUT2D eigenvalue weighted by Gasteiger charge is 2.36. The largest absolute Gasteiger partial charge is 0.335 e. The summed E-state index contributed by atoms with van der Waals surface area (Å²) in [5.41, 5.74) is 0.124. The summed E-state index contributed by atoms with van der Waals surface area (Å²) in [6.45, 7) is 1.31. The minimum atomic E-state index is -3.18. The molecule has 1 aliphatic heterocycles. The van der Waals surface area contributed by atoms with Crippen molar-refractivity contribution in [1.29, 1.82) is 0 Å². The molecule has 3 heterocycles. The van der Waals surface area contributed by atoms with Crippen LogP contribution in [-0.2, 0) is 27.6 Å². The maximum atomic E-state index is 13.8. The van der Waals surface area contributed by atoms with Crippen molar-refractivity contribution >= 4 is 21.5 Å². The Hall–Kier alpha value is -2.62. The van der Waals surface area contributed by atoms with Gasteiger partial charge < -0.3 is 4.90 Å². The third kappa shape index (κ3) is 3.36. The van der Waals surface area contributed by atoms with E-state index in [1.165, 1.54) is 24.7 Å². The lowest BCUT2D eigenvalue weighted by molar-refractivity contribution is -0.134. The number of rotatable bonds is 3. The topological polar surface area (TPSA) is 97.5 Å². The van der Waals surface area contributed by atoms with Gasteiger partial charge in [0.25, 0.3) is 0 Å². The van der Waals surface area contributed by atoms with Gasteiger partial charge in [-0.15, -0.1) is 0 Å². The van der Waals surface area contributed by atoms with Crippen LogP contribution in [0.1, 0.15) is 29.0 Å². The van der Waals surface area contributed by atoms with E-state index in [4.69, 9.17) is 0 Å². The summed E-state index contributed by atoms with van der Waals surface area (Å²) < 4.78 is 32.3. The maximum Gasteiger partial charge on any atom is 0.306 e. The fourth-order valence-electron chi connectivity index (χ4n) is 3.11. The molecule has 0 aromatic carbocycles. The molecule has 1 unspecified atom stereocenters. The van der Waals surface area contributed by atoms with Crippen LogP contribution in [0.4, 0.5) is 4.39 Å². The molecule has 1 atom stereocenters. The second-order valence-electron chi connectivity index (χ2n) is 6.75. The highest BCUT2D eigenvalue weighted by molar-refractivity contribution is 7.93. The van der Waals surface area contributed by atoms with E-state index in [-0.39, 0.29) is 18.4 Å². The Morgan fingerprint density at radius 1 is 1.33 bits per heavy atom. The molecule has 0 N–H and O–H groups in total. The smallest absolute Gasteiger partial charge is 0.306 e. The zero-order valence-corrected chi connectivity index (χ0v) is 15.5. The zero-order chi connectivity index (χ0) is 19.2. The summed E-state index contributed by atoms with van der Waals surface area (Å²) in [5.74, 6) is -1.62. The van der Waals surface area contributed by atoms with Gasteiger partial charge >= 0.3 is 5.91 Å². The number of fused-ring (bicyclic) bond motifs is 1. The van der Waals surface area contributed by atoms with Gasteiger partial charge in [0, 0.05) is 24.9 Å². The van der Waals surface area contributed by atoms with E-state index in [9.17, 15) is 18.2 Å². The standard InChI is InChI=1S/C17H18FN5O3S/c1-27(26,21-16(24)15-12(18)3-2-6-19-15)14-9-20-23-8-7-22(10-13(14)23)17(25)11-4-5-11/h2-3,6,9,11H,4-5,7-8,10H2,1H3. The summed E-state index contributed by atoms with van der Waals surface area (Å²) in [4.78, 5) is 30.3. The average Bonchev–Trinajstić information content (AvgIpc) is 3.39. The van der Waals surface area contributed by atoms with E-state index >= 15 is 0 Å². The first kappa shape index (κ1) is 17.8. The van der Waals surface area contributed by atoms with Crippen molar-refractivity contribution in [2.75, 3.05) is 12.8 Å². The molecular formula is C17H18FN5O3S. The zero-order valence-electron chi connectivity index (χ0n) is 14.7. The molecule has 0 spiro atoms. The second-order valence-corrected chi connectivity index (χ2v) is 8.97. The van der Waals surface area contributed by atoms with E-state index in [1.54, 1.807) is 9.58 Å². The van der Waals surface area contributed by atoms with E-state index in [0.717, 1.165) is 18.9 Å². The lowest BCUT2D eigenvalue weighted by atomic mass is 10.2. The molecule has 2 amide bonds. The van der Waals surface area contributed by atoms with Gasteiger partial charge in [0.2, 0.25) is 5.91 Å². The van der Waals surface area contributed by atoms with E-state index in [2.05, 4.69) is 14.4 Å². The normalized spacial score (nSPS) is 18.5. The molecular weight excluding hydrogens is 373 g/mol. The van der Waals surface area contributed by atoms with Crippen LogP contribution in [0.3, 0.4) is 0 Å². The van der Waals surface area contributed by atoms with E-state index in [1.807, 2.05) is 0 Å². The average molecular weight is 391 g/mol. The lowest BCUT2D eigenvalue weighted by Crippen LogP contribution is -2.39. The monoisotopic (exact) mass is 391 g/mol. The molecule has 0 saturated heterocycles. The number of amides is 2. The predicted octanol–water partition coefficient (Wildman–Crippen LogP) is 1.47. The predicted molar refractivity (Wildman–Crippen MR) is 93.7 cm³/mol. The molecule has 2 aliphatic rings. The molecule has 10 heteroatoms. The van der Waals surface area contributed by atoms with Crippen molar-refractivity contribution < 1.29 is 18.2 Å². The van der Waals surface area contributed by atoms with Gasteiger partial charge in [-0.25, -0.2) is 13.6 Å². The first-order valence-corrected chi connectivity index (χ1v) is 10.5. The molecule has 142 valence electrons. The number of carbonyl (C=O) groups excluding carboxylic acids is 2. The Bertz CT molecular complexity index is 1050. The van der Waals surface area contributed by atoms with Crippen molar-refractivity contribution in [2.45, 2.75) is 30.8 Å². The van der Waals surface area contributed by atoms with Gasteiger partial charge in [0.05, 0.1) is 39.6 Å². The first-order chi connectivity index (χ1) is 12.9. The Morgan fingerprint density at radius 3 is 2.81 bits per heavy atom. The number of nitrogens with zero attached hydrogens (tertiary/aromatic N) is 5. The van der Waals surface area contributed by atoms with E-state index < -0.39 is 27.1 Å². The highest BCUT2D eigenvalue weighted by atomic mass is 32.2. The third-order valence-corrected chi connectivity index (χ3v) is 6.37. The first-order valence-electron chi connectivity index (χ1n) is 8.57. The molecule has 0 radical (unpaired) electrons. The van der Waals surface area contributed by atoms with Crippen LogP contribution >= 0.6 is 0 Å². The van der Waals surface area contributed by atoms with Gasteiger partial charge in [-0.2, -0.15) is 9.46 Å². The fraction of sp³-hybridized carbons (Fsp3) is 0.412. The Morgan fingerprint density at radius 2 is 2.11 bits per heavy atom. The van der Waals surface area contributed by atoms with Crippen LogP contribution in [-0.4, -0.2) is 48.5 Å².